The summed E-state index contributed by atoms with van der Waals surface area (Å²) in [4.78, 5) is 24.4. The van der Waals surface area contributed by atoms with Gasteiger partial charge in [0, 0.05) is 16.9 Å². The summed E-state index contributed by atoms with van der Waals surface area (Å²) in [5.41, 5.74) is -1.56. The van der Waals surface area contributed by atoms with Crippen LogP contribution in [-0.2, 0) is 9.59 Å². The molecule has 4 aliphatic rings. The van der Waals surface area contributed by atoms with Crippen molar-refractivity contribution in [2.24, 2.45) is 34.5 Å². The summed E-state index contributed by atoms with van der Waals surface area (Å²) < 4.78 is 0. The van der Waals surface area contributed by atoms with Crippen LogP contribution in [0.15, 0.2) is 23.5 Å². The molecule has 0 amide bonds. The van der Waals surface area contributed by atoms with E-state index in [9.17, 15) is 24.9 Å². The van der Waals surface area contributed by atoms with Crippen LogP contribution in [0.2, 0.25) is 0 Å². The van der Waals surface area contributed by atoms with Crippen molar-refractivity contribution < 1.29 is 24.9 Å². The fraction of sp³-hybridized carbons (Fsp3) is 0.727. The van der Waals surface area contributed by atoms with Gasteiger partial charge in [0.25, 0.3) is 0 Å². The molecule has 0 spiro atoms. The molecule has 0 aromatic rings. The van der Waals surface area contributed by atoms with E-state index < -0.39 is 28.8 Å². The van der Waals surface area contributed by atoms with Gasteiger partial charge in [-0.3, -0.25) is 9.59 Å². The zero-order chi connectivity index (χ0) is 19.8. The molecule has 0 radical (unpaired) electrons. The van der Waals surface area contributed by atoms with E-state index in [1.165, 1.54) is 6.08 Å². The zero-order valence-corrected chi connectivity index (χ0v) is 16.4. The van der Waals surface area contributed by atoms with Gasteiger partial charge < -0.3 is 15.3 Å². The van der Waals surface area contributed by atoms with Crippen LogP contribution < -0.4 is 0 Å². The maximum absolute atomic E-state index is 12.5. The first-order chi connectivity index (χ1) is 12.6. The van der Waals surface area contributed by atoms with Crippen molar-refractivity contribution in [2.75, 3.05) is 6.61 Å². The van der Waals surface area contributed by atoms with Crippen molar-refractivity contribution in [1.82, 2.24) is 0 Å². The molecular formula is C22H30O5. The quantitative estimate of drug-likeness (QED) is 0.691. The summed E-state index contributed by atoms with van der Waals surface area (Å²) in [5, 5.41) is 31.6. The van der Waals surface area contributed by atoms with Crippen LogP contribution >= 0.6 is 0 Å². The van der Waals surface area contributed by atoms with E-state index in [0.29, 0.717) is 6.42 Å². The van der Waals surface area contributed by atoms with Gasteiger partial charge in [0.2, 0.25) is 0 Å². The van der Waals surface area contributed by atoms with Crippen LogP contribution in [0.1, 0.15) is 52.9 Å². The first-order valence-electron chi connectivity index (χ1n) is 10.1. The fourth-order valence-electron chi connectivity index (χ4n) is 7.36. The Labute approximate surface area is 160 Å². The van der Waals surface area contributed by atoms with E-state index in [2.05, 4.69) is 0 Å². The molecule has 0 heterocycles. The summed E-state index contributed by atoms with van der Waals surface area (Å²) in [6.45, 7) is 5.34. The Morgan fingerprint density at radius 2 is 1.93 bits per heavy atom. The molecule has 0 aromatic carbocycles. The van der Waals surface area contributed by atoms with Crippen molar-refractivity contribution in [3.8, 4) is 0 Å². The third-order valence-electron chi connectivity index (χ3n) is 8.87. The van der Waals surface area contributed by atoms with Crippen LogP contribution in [0.25, 0.3) is 0 Å². The molecule has 4 aliphatic carbocycles. The Morgan fingerprint density at radius 1 is 1.22 bits per heavy atom. The SMILES string of the molecule is CC1C[C@H]2[C@@H]3CCC4=CC(=O)C=C(O)[C@]4(C)[C@H]3CC[C@]2(C)[C@@]1(O)C(=O)CO. The maximum atomic E-state index is 12.5. The Kier molecular flexibility index (Phi) is 4.04. The normalized spacial score (nSPS) is 48.9. The lowest BCUT2D eigenvalue weighted by molar-refractivity contribution is -0.170. The van der Waals surface area contributed by atoms with Crippen molar-refractivity contribution in [3.63, 3.8) is 0 Å². The standard InChI is InChI=1S/C22H30O5/c1-12-8-17-15-5-4-13-9-14(24)10-18(25)21(13,3)16(15)6-7-20(17,2)22(12,27)19(26)11-23/h9-10,12,15-17,23,25,27H,4-8,11H2,1-3H3/t12?,15-,16+,17+,20+,21+,22+/m1/s1. The molecule has 3 fully saturated rings. The zero-order valence-electron chi connectivity index (χ0n) is 16.4. The number of aliphatic hydroxyl groups excluding tert-OH is 2. The second kappa shape index (κ2) is 5.77. The topological polar surface area (TPSA) is 94.8 Å². The first-order valence-corrected chi connectivity index (χ1v) is 10.1. The molecule has 3 saturated carbocycles. The number of fused-ring (bicyclic) bond motifs is 5. The highest BCUT2D eigenvalue weighted by Crippen LogP contribution is 2.68. The summed E-state index contributed by atoms with van der Waals surface area (Å²) >= 11 is 0. The molecular weight excluding hydrogens is 344 g/mol. The van der Waals surface area contributed by atoms with Crippen molar-refractivity contribution >= 4 is 11.6 Å². The second-order valence-electron chi connectivity index (χ2n) is 9.66. The number of Topliss-reactive ketones (excluding diaryl/α,β-unsaturated/α-hetero) is 1. The minimum atomic E-state index is -1.49. The third-order valence-corrected chi connectivity index (χ3v) is 8.87. The number of hydrogen-bond donors (Lipinski definition) is 3. The van der Waals surface area contributed by atoms with Crippen LogP contribution in [0, 0.1) is 34.5 Å². The highest BCUT2D eigenvalue weighted by molar-refractivity contribution is 6.01. The minimum Gasteiger partial charge on any atom is -0.511 e. The van der Waals surface area contributed by atoms with Gasteiger partial charge in [0.05, 0.1) is 0 Å². The molecule has 0 aromatic heterocycles. The van der Waals surface area contributed by atoms with Gasteiger partial charge >= 0.3 is 0 Å². The third kappa shape index (κ3) is 2.13. The van der Waals surface area contributed by atoms with Gasteiger partial charge in [-0.15, -0.1) is 0 Å². The van der Waals surface area contributed by atoms with E-state index in [1.54, 1.807) is 6.08 Å². The Hall–Kier alpha value is -1.46. The molecule has 0 bridgehead atoms. The maximum Gasteiger partial charge on any atom is 0.190 e. The minimum absolute atomic E-state index is 0.142. The highest BCUT2D eigenvalue weighted by Gasteiger charge is 2.69. The number of aliphatic hydroxyl groups is 3. The smallest absolute Gasteiger partial charge is 0.190 e. The van der Waals surface area contributed by atoms with Crippen molar-refractivity contribution in [2.45, 2.75) is 58.5 Å². The van der Waals surface area contributed by atoms with Crippen molar-refractivity contribution in [3.05, 3.63) is 23.5 Å². The summed E-state index contributed by atoms with van der Waals surface area (Å²) in [6.07, 6.45) is 6.91. The van der Waals surface area contributed by atoms with Gasteiger partial charge in [-0.25, -0.2) is 0 Å². The van der Waals surface area contributed by atoms with E-state index in [0.717, 1.165) is 31.3 Å². The molecule has 0 saturated heterocycles. The molecule has 148 valence electrons. The molecule has 4 rings (SSSR count). The van der Waals surface area contributed by atoms with Gasteiger partial charge in [0.1, 0.15) is 18.0 Å². The predicted molar refractivity (Wildman–Crippen MR) is 99.8 cm³/mol. The van der Waals surface area contributed by atoms with Gasteiger partial charge in [0.15, 0.2) is 11.6 Å². The lowest BCUT2D eigenvalue weighted by atomic mass is 9.46. The average Bonchev–Trinajstić information content (AvgIpc) is 2.83. The highest BCUT2D eigenvalue weighted by atomic mass is 16.3. The summed E-state index contributed by atoms with van der Waals surface area (Å²) in [5.74, 6) is -0.0146. The van der Waals surface area contributed by atoms with Crippen LogP contribution in [0.5, 0.6) is 0 Å². The molecule has 5 nitrogen and oxygen atoms in total. The van der Waals surface area contributed by atoms with E-state index in [-0.39, 0.29) is 35.2 Å². The van der Waals surface area contributed by atoms with Crippen LogP contribution in [-0.4, -0.2) is 39.1 Å². The second-order valence-corrected chi connectivity index (χ2v) is 9.66. The number of ketones is 2. The summed E-state index contributed by atoms with van der Waals surface area (Å²) in [7, 11) is 0. The molecule has 0 aliphatic heterocycles. The van der Waals surface area contributed by atoms with E-state index in [1.807, 2.05) is 20.8 Å². The average molecular weight is 374 g/mol. The molecule has 1 unspecified atom stereocenters. The Bertz CT molecular complexity index is 767. The Morgan fingerprint density at radius 3 is 2.59 bits per heavy atom. The van der Waals surface area contributed by atoms with Gasteiger partial charge in [-0.2, -0.15) is 0 Å². The first kappa shape index (κ1) is 18.9. The number of allylic oxidation sites excluding steroid dienone is 3. The largest absolute Gasteiger partial charge is 0.511 e. The molecule has 7 atom stereocenters. The molecule has 3 N–H and O–H groups in total. The number of carbonyl (C=O) groups is 2. The van der Waals surface area contributed by atoms with Crippen LogP contribution in [0.3, 0.4) is 0 Å². The number of carbonyl (C=O) groups excluding carboxylic acids is 2. The van der Waals surface area contributed by atoms with Crippen molar-refractivity contribution in [1.29, 1.82) is 0 Å². The summed E-state index contributed by atoms with van der Waals surface area (Å²) in [6, 6.07) is 0. The van der Waals surface area contributed by atoms with Crippen LogP contribution in [0.4, 0.5) is 0 Å². The number of hydrogen-bond acceptors (Lipinski definition) is 5. The van der Waals surface area contributed by atoms with E-state index in [4.69, 9.17) is 0 Å². The Balaban J connectivity index is 1.75. The fourth-order valence-corrected chi connectivity index (χ4v) is 7.36. The lowest BCUT2D eigenvalue weighted by Crippen LogP contribution is -2.59. The predicted octanol–water partition coefficient (Wildman–Crippen LogP) is 2.72. The lowest BCUT2D eigenvalue weighted by Gasteiger charge is -2.58. The molecule has 27 heavy (non-hydrogen) atoms. The van der Waals surface area contributed by atoms with Gasteiger partial charge in [-0.1, -0.05) is 19.4 Å². The van der Waals surface area contributed by atoms with E-state index >= 15 is 0 Å². The molecule has 5 heteroatoms. The monoisotopic (exact) mass is 374 g/mol. The number of rotatable bonds is 2. The van der Waals surface area contributed by atoms with Gasteiger partial charge in [-0.05, 0) is 68.8 Å².